The average Bonchev–Trinajstić information content (AvgIpc) is 3.60. The average molecular weight is 490 g/mol. The van der Waals surface area contributed by atoms with Crippen LogP contribution in [-0.4, -0.2) is 31.0 Å². The van der Waals surface area contributed by atoms with Crippen LogP contribution in [0, 0.1) is 0 Å². The molecular formula is C27H19N4NiO2. The maximum atomic E-state index is 10.3. The molecule has 0 unspecified atom stereocenters. The Hall–Kier alpha value is -4.22. The molecule has 0 amide bonds. The second kappa shape index (κ2) is 9.34. The van der Waals surface area contributed by atoms with Crippen LogP contribution >= 0.6 is 0 Å². The summed E-state index contributed by atoms with van der Waals surface area (Å²) in [7, 11) is 0. The fourth-order valence-corrected chi connectivity index (χ4v) is 3.69. The number of hydrogen-bond donors (Lipinski definition) is 3. The van der Waals surface area contributed by atoms with Crippen molar-refractivity contribution >= 4 is 56.9 Å². The van der Waals surface area contributed by atoms with Crippen molar-refractivity contribution in [2.75, 3.05) is 0 Å². The molecule has 34 heavy (non-hydrogen) atoms. The molecule has 169 valence electrons. The number of nitrogens with one attached hydrogen (secondary N) is 2. The fourth-order valence-electron chi connectivity index (χ4n) is 3.53. The van der Waals surface area contributed by atoms with Gasteiger partial charge in [0.15, 0.2) is 0 Å². The van der Waals surface area contributed by atoms with E-state index in [4.69, 9.17) is 5.11 Å². The summed E-state index contributed by atoms with van der Waals surface area (Å²) in [5.74, 6) is -0.917. The van der Waals surface area contributed by atoms with E-state index >= 15 is 0 Å². The summed E-state index contributed by atoms with van der Waals surface area (Å²) in [5.41, 5.74) is 8.14. The molecule has 7 heteroatoms. The van der Waals surface area contributed by atoms with Crippen LogP contribution in [0.1, 0.15) is 33.1 Å². The third-order valence-corrected chi connectivity index (χ3v) is 5.44. The number of aromatic nitrogens is 4. The Morgan fingerprint density at radius 2 is 0.971 bits per heavy atom. The van der Waals surface area contributed by atoms with Gasteiger partial charge in [0.05, 0.1) is 22.8 Å². The Balaban J connectivity index is 0.000000204. The molecule has 4 aromatic rings. The van der Waals surface area contributed by atoms with Crippen LogP contribution < -0.4 is 4.53 Å². The summed E-state index contributed by atoms with van der Waals surface area (Å²) < 4.78 is 0.699. The molecule has 1 aromatic carbocycles. The van der Waals surface area contributed by atoms with Crippen molar-refractivity contribution in [3.8, 4) is 0 Å². The normalized spacial score (nSPS) is 11.7. The second-order valence-corrected chi connectivity index (χ2v) is 8.25. The molecule has 5 heterocycles. The monoisotopic (exact) mass is 489 g/mol. The van der Waals surface area contributed by atoms with E-state index in [9.17, 15) is 4.79 Å². The Morgan fingerprint density at radius 3 is 1.29 bits per heavy atom. The Morgan fingerprint density at radius 1 is 0.618 bits per heavy atom. The molecule has 0 aliphatic carbocycles. The second-order valence-electron chi connectivity index (χ2n) is 7.68. The van der Waals surface area contributed by atoms with Gasteiger partial charge >= 0.3 is 65.7 Å². The van der Waals surface area contributed by atoms with Gasteiger partial charge in [0.25, 0.3) is 0 Å². The summed E-state index contributed by atoms with van der Waals surface area (Å²) in [5, 5.41) is 8.45. The van der Waals surface area contributed by atoms with Crippen LogP contribution in [0.25, 0.3) is 46.4 Å². The van der Waals surface area contributed by atoms with Gasteiger partial charge in [-0.3, -0.25) is 0 Å². The summed E-state index contributed by atoms with van der Waals surface area (Å²) in [6.45, 7) is 0. The van der Waals surface area contributed by atoms with Crippen LogP contribution in [0.2, 0.25) is 0 Å². The first kappa shape index (κ1) is 21.6. The quantitative estimate of drug-likeness (QED) is 0.276. The van der Waals surface area contributed by atoms with Gasteiger partial charge in [0, 0.05) is 22.1 Å². The number of carboxylic acids is 1. The number of benzene rings is 1. The molecule has 8 bridgehead atoms. The number of aromatic carboxylic acids is 1. The molecule has 3 N–H and O–H groups in total. The molecule has 2 aliphatic heterocycles. The molecule has 0 saturated heterocycles. The summed E-state index contributed by atoms with van der Waals surface area (Å²) in [4.78, 5) is 26.3. The van der Waals surface area contributed by atoms with Crippen LogP contribution in [-0.2, 0) is 15.5 Å². The van der Waals surface area contributed by atoms with Gasteiger partial charge < -0.3 is 9.97 Å². The Labute approximate surface area is 203 Å². The number of H-pyrrole nitrogens is 2. The van der Waals surface area contributed by atoms with Gasteiger partial charge in [-0.25, -0.2) is 9.97 Å². The predicted molar refractivity (Wildman–Crippen MR) is 132 cm³/mol. The van der Waals surface area contributed by atoms with Crippen molar-refractivity contribution in [3.63, 3.8) is 0 Å². The molecule has 0 atom stereocenters. The zero-order valence-electron chi connectivity index (χ0n) is 17.8. The molecule has 0 spiro atoms. The van der Waals surface area contributed by atoms with Gasteiger partial charge in [-0.15, -0.1) is 0 Å². The molecule has 0 saturated carbocycles. The molecular weight excluding hydrogens is 471 g/mol. The van der Waals surface area contributed by atoms with E-state index in [-0.39, 0.29) is 5.56 Å². The number of aromatic amines is 2. The number of fused-ring (bicyclic) bond motifs is 8. The van der Waals surface area contributed by atoms with E-state index in [2.05, 4.69) is 59.7 Å². The first-order chi connectivity index (χ1) is 16.5. The predicted octanol–water partition coefficient (Wildman–Crippen LogP) is 5.21. The van der Waals surface area contributed by atoms with Gasteiger partial charge in [0.1, 0.15) is 0 Å². The molecule has 6 rings (SSSR count). The van der Waals surface area contributed by atoms with E-state index in [1.54, 1.807) is 12.1 Å². The zero-order valence-corrected chi connectivity index (χ0v) is 18.8. The fraction of sp³-hybridized carbons (Fsp3) is 0. The molecule has 0 radical (unpaired) electrons. The topological polar surface area (TPSA) is 94.7 Å². The van der Waals surface area contributed by atoms with E-state index in [0.717, 1.165) is 44.8 Å². The van der Waals surface area contributed by atoms with Crippen molar-refractivity contribution in [1.29, 1.82) is 0 Å². The van der Waals surface area contributed by atoms with Gasteiger partial charge in [-0.1, -0.05) is 0 Å². The molecule has 3 aromatic heterocycles. The summed E-state index contributed by atoms with van der Waals surface area (Å²) >= 11 is 4.48. The van der Waals surface area contributed by atoms with Crippen molar-refractivity contribution in [2.24, 2.45) is 0 Å². The third-order valence-electron chi connectivity index (χ3n) is 5.11. The van der Waals surface area contributed by atoms with Crippen LogP contribution in [0.5, 0.6) is 0 Å². The van der Waals surface area contributed by atoms with Crippen LogP contribution in [0.4, 0.5) is 0 Å². The van der Waals surface area contributed by atoms with Gasteiger partial charge in [-0.05, 0) is 72.8 Å². The van der Waals surface area contributed by atoms with Crippen molar-refractivity contribution in [2.45, 2.75) is 0 Å². The standard InChI is InChI=1S/C20H14N4.C7H5O2.Ni/c1-2-14-10-16-5-6-18(23-16)12-20-8-7-19(24-20)11-17-4-3-15(22-17)9-13(1)21-14;8-7(9)6-4-2-1-3-5-6;/h1-12,21,24H;2-5H,(H,8,9);. The van der Waals surface area contributed by atoms with E-state index in [1.165, 1.54) is 12.1 Å². The van der Waals surface area contributed by atoms with Gasteiger partial charge in [-0.2, -0.15) is 0 Å². The molecule has 2 aliphatic rings. The SMILES string of the molecule is C1=Cc2cc3ccc(cc4nc(cc5ccc(cc1n2)[nH]5)C=C4)[nH]3.O=C(O)c1cc[c]([Ni])cc1. The van der Waals surface area contributed by atoms with Gasteiger partial charge in [0.2, 0.25) is 0 Å². The Bertz CT molecular complexity index is 1420. The number of rotatable bonds is 1. The first-order valence-corrected chi connectivity index (χ1v) is 11.0. The maximum absolute atomic E-state index is 10.3. The summed E-state index contributed by atoms with van der Waals surface area (Å²) in [6, 6.07) is 22.6. The Kier molecular flexibility index (Phi) is 5.94. The minimum atomic E-state index is -0.917. The van der Waals surface area contributed by atoms with E-state index in [1.807, 2.05) is 48.6 Å². The summed E-state index contributed by atoms with van der Waals surface area (Å²) in [6.07, 6.45) is 8.09. The number of carboxylic acid groups (broad SMARTS) is 1. The van der Waals surface area contributed by atoms with Crippen molar-refractivity contribution in [1.82, 2.24) is 19.9 Å². The van der Waals surface area contributed by atoms with Crippen molar-refractivity contribution < 1.29 is 25.4 Å². The van der Waals surface area contributed by atoms with Crippen molar-refractivity contribution in [3.05, 3.63) is 101 Å². The molecule has 0 fully saturated rings. The zero-order chi connectivity index (χ0) is 23.5. The minimum absolute atomic E-state index is 0.279. The van der Waals surface area contributed by atoms with E-state index < -0.39 is 5.97 Å². The van der Waals surface area contributed by atoms with Crippen LogP contribution in [0.15, 0.2) is 72.8 Å². The number of nitrogens with zero attached hydrogens (tertiary/aromatic N) is 2. The number of carbonyl (C=O) groups is 1. The molecule has 6 nitrogen and oxygen atoms in total. The number of hydrogen-bond acceptors (Lipinski definition) is 3. The third kappa shape index (κ3) is 5.22. The first-order valence-electron chi connectivity index (χ1n) is 10.5. The van der Waals surface area contributed by atoms with E-state index in [0.29, 0.717) is 4.53 Å². The van der Waals surface area contributed by atoms with Crippen LogP contribution in [0.3, 0.4) is 0 Å².